The van der Waals surface area contributed by atoms with E-state index in [0.29, 0.717) is 0 Å². The molecule has 0 atom stereocenters. The summed E-state index contributed by atoms with van der Waals surface area (Å²) in [5.41, 5.74) is 1.34. The van der Waals surface area contributed by atoms with Crippen LogP contribution in [0.5, 0.6) is 0 Å². The fourth-order valence-corrected chi connectivity index (χ4v) is 1.71. The molecule has 0 saturated heterocycles. The molecule has 3 nitrogen and oxygen atoms in total. The van der Waals surface area contributed by atoms with Crippen molar-refractivity contribution in [2.24, 2.45) is 7.05 Å². The highest BCUT2D eigenvalue weighted by molar-refractivity contribution is 5.05. The fourth-order valence-electron chi connectivity index (χ4n) is 1.71. The van der Waals surface area contributed by atoms with Gasteiger partial charge in [-0.15, -0.1) is 0 Å². The third-order valence-electron chi connectivity index (χ3n) is 2.92. The van der Waals surface area contributed by atoms with E-state index in [-0.39, 0.29) is 0 Å². The van der Waals surface area contributed by atoms with E-state index in [4.69, 9.17) is 0 Å². The second-order valence-electron chi connectivity index (χ2n) is 4.44. The van der Waals surface area contributed by atoms with Crippen molar-refractivity contribution in [3.8, 4) is 0 Å². The number of hydrogen-bond acceptors (Lipinski definition) is 2. The first-order valence-electron chi connectivity index (χ1n) is 6.23. The minimum Gasteiger partial charge on any atom is -0.353 e. The topological polar surface area (TPSA) is 20.2 Å². The molecule has 0 fully saturated rings. The van der Waals surface area contributed by atoms with Gasteiger partial charge in [0, 0.05) is 38.6 Å². The van der Waals surface area contributed by atoms with Gasteiger partial charge in [-0.05, 0) is 32.1 Å². The van der Waals surface area contributed by atoms with Crippen molar-refractivity contribution in [2.45, 2.75) is 26.3 Å². The van der Waals surface area contributed by atoms with Crippen molar-refractivity contribution in [1.82, 2.24) is 14.8 Å². The van der Waals surface area contributed by atoms with E-state index in [2.05, 4.69) is 54.1 Å². The van der Waals surface area contributed by atoms with Gasteiger partial charge in [-0.2, -0.15) is 0 Å². The van der Waals surface area contributed by atoms with E-state index in [1.807, 2.05) is 0 Å². The number of unbranched alkanes of at least 4 members (excludes halogenated alkanes) is 1. The largest absolute Gasteiger partial charge is 0.353 e. The number of hydrogen-bond donors (Lipinski definition) is 1. The zero-order valence-electron chi connectivity index (χ0n) is 10.9. The molecule has 16 heavy (non-hydrogen) atoms. The fraction of sp³-hybridized carbons (Fsp3) is 0.692. The Labute approximate surface area is 99.4 Å². The lowest BCUT2D eigenvalue weighted by Crippen LogP contribution is -2.30. The number of aromatic nitrogens is 1. The standard InChI is InChI=1S/C13H25N3/c1-4-5-9-15(2)11-8-14-12-13-7-6-10-16(13)3/h6-7,10,14H,4-5,8-9,11-12H2,1-3H3. The molecule has 0 aliphatic carbocycles. The lowest BCUT2D eigenvalue weighted by molar-refractivity contribution is 0.325. The van der Waals surface area contributed by atoms with Crippen LogP contribution in [0.25, 0.3) is 0 Å². The summed E-state index contributed by atoms with van der Waals surface area (Å²) in [7, 11) is 4.28. The first-order valence-corrected chi connectivity index (χ1v) is 6.23. The van der Waals surface area contributed by atoms with Gasteiger partial charge in [-0.3, -0.25) is 0 Å². The predicted octanol–water partition coefficient (Wildman–Crippen LogP) is 1.85. The molecule has 1 rings (SSSR count). The lowest BCUT2D eigenvalue weighted by Gasteiger charge is -2.16. The maximum absolute atomic E-state index is 3.47. The van der Waals surface area contributed by atoms with Crippen molar-refractivity contribution >= 4 is 0 Å². The van der Waals surface area contributed by atoms with Crippen molar-refractivity contribution in [3.63, 3.8) is 0 Å². The van der Waals surface area contributed by atoms with Gasteiger partial charge in [0.15, 0.2) is 0 Å². The van der Waals surface area contributed by atoms with Gasteiger partial charge >= 0.3 is 0 Å². The van der Waals surface area contributed by atoms with Crippen molar-refractivity contribution < 1.29 is 0 Å². The van der Waals surface area contributed by atoms with Gasteiger partial charge in [-0.25, -0.2) is 0 Å². The van der Waals surface area contributed by atoms with Crippen LogP contribution in [0.3, 0.4) is 0 Å². The third kappa shape index (κ3) is 4.81. The Morgan fingerprint density at radius 3 is 2.81 bits per heavy atom. The molecule has 0 radical (unpaired) electrons. The average Bonchev–Trinajstić information content (AvgIpc) is 2.67. The number of rotatable bonds is 8. The molecule has 1 aromatic rings. The Kier molecular flexibility index (Phi) is 6.19. The van der Waals surface area contributed by atoms with Gasteiger partial charge in [0.25, 0.3) is 0 Å². The monoisotopic (exact) mass is 223 g/mol. The maximum Gasteiger partial charge on any atom is 0.0359 e. The number of nitrogens with zero attached hydrogens (tertiary/aromatic N) is 2. The molecule has 0 bridgehead atoms. The van der Waals surface area contributed by atoms with Crippen LogP contribution in [-0.2, 0) is 13.6 Å². The quantitative estimate of drug-likeness (QED) is 0.679. The summed E-state index contributed by atoms with van der Waals surface area (Å²) >= 11 is 0. The molecule has 1 heterocycles. The molecule has 1 aromatic heterocycles. The molecule has 1 N–H and O–H groups in total. The second kappa shape index (κ2) is 7.47. The van der Waals surface area contributed by atoms with E-state index < -0.39 is 0 Å². The Bertz CT molecular complexity index is 280. The highest BCUT2D eigenvalue weighted by Crippen LogP contribution is 1.98. The number of aryl methyl sites for hydroxylation is 1. The van der Waals surface area contributed by atoms with Crippen LogP contribution in [0.4, 0.5) is 0 Å². The van der Waals surface area contributed by atoms with Crippen LogP contribution in [0.2, 0.25) is 0 Å². The molecule has 92 valence electrons. The highest BCUT2D eigenvalue weighted by atomic mass is 15.1. The second-order valence-corrected chi connectivity index (χ2v) is 4.44. The van der Waals surface area contributed by atoms with Crippen LogP contribution in [0.15, 0.2) is 18.3 Å². The summed E-state index contributed by atoms with van der Waals surface area (Å²) in [6, 6.07) is 4.25. The average molecular weight is 223 g/mol. The van der Waals surface area contributed by atoms with Gasteiger partial charge in [0.05, 0.1) is 0 Å². The van der Waals surface area contributed by atoms with Crippen molar-refractivity contribution in [1.29, 1.82) is 0 Å². The van der Waals surface area contributed by atoms with Crippen LogP contribution < -0.4 is 5.32 Å². The minimum absolute atomic E-state index is 0.963. The van der Waals surface area contributed by atoms with Crippen LogP contribution >= 0.6 is 0 Å². The van der Waals surface area contributed by atoms with E-state index in [1.54, 1.807) is 0 Å². The molecule has 0 aromatic carbocycles. The van der Waals surface area contributed by atoms with E-state index in [0.717, 1.165) is 19.6 Å². The van der Waals surface area contributed by atoms with E-state index >= 15 is 0 Å². The molecule has 0 unspecified atom stereocenters. The van der Waals surface area contributed by atoms with Gasteiger partial charge in [-0.1, -0.05) is 13.3 Å². The molecule has 0 aliphatic rings. The summed E-state index contributed by atoms with van der Waals surface area (Å²) in [6.07, 6.45) is 4.67. The summed E-state index contributed by atoms with van der Waals surface area (Å²) in [4.78, 5) is 2.39. The Balaban J connectivity index is 2.06. The normalized spacial score (nSPS) is 11.2. The third-order valence-corrected chi connectivity index (χ3v) is 2.92. The highest BCUT2D eigenvalue weighted by Gasteiger charge is 1.98. The number of nitrogens with one attached hydrogen (secondary N) is 1. The van der Waals surface area contributed by atoms with Gasteiger partial charge in [0.2, 0.25) is 0 Å². The first-order chi connectivity index (χ1) is 7.74. The smallest absolute Gasteiger partial charge is 0.0359 e. The van der Waals surface area contributed by atoms with Crippen LogP contribution in [0.1, 0.15) is 25.5 Å². The summed E-state index contributed by atoms with van der Waals surface area (Å²) in [5.74, 6) is 0. The molecule has 0 aliphatic heterocycles. The summed E-state index contributed by atoms with van der Waals surface area (Å²) < 4.78 is 2.16. The van der Waals surface area contributed by atoms with E-state index in [1.165, 1.54) is 25.1 Å². The molecular weight excluding hydrogens is 198 g/mol. The predicted molar refractivity (Wildman–Crippen MR) is 69.5 cm³/mol. The summed E-state index contributed by atoms with van der Waals surface area (Å²) in [5, 5.41) is 3.47. The van der Waals surface area contributed by atoms with E-state index in [9.17, 15) is 0 Å². The minimum atomic E-state index is 0.963. The molecule has 0 amide bonds. The Hall–Kier alpha value is -0.800. The maximum atomic E-state index is 3.47. The SMILES string of the molecule is CCCCN(C)CCNCc1cccn1C. The number of likely N-dealkylation sites (N-methyl/N-ethyl adjacent to an activating group) is 1. The zero-order chi connectivity index (χ0) is 11.8. The molecular formula is C13H25N3. The molecule has 0 spiro atoms. The lowest BCUT2D eigenvalue weighted by atomic mass is 10.3. The van der Waals surface area contributed by atoms with Gasteiger partial charge < -0.3 is 14.8 Å². The zero-order valence-corrected chi connectivity index (χ0v) is 10.9. The Morgan fingerprint density at radius 1 is 1.38 bits per heavy atom. The van der Waals surface area contributed by atoms with Crippen LogP contribution in [0, 0.1) is 0 Å². The van der Waals surface area contributed by atoms with Gasteiger partial charge in [0.1, 0.15) is 0 Å². The van der Waals surface area contributed by atoms with Crippen molar-refractivity contribution in [2.75, 3.05) is 26.7 Å². The van der Waals surface area contributed by atoms with Crippen molar-refractivity contribution in [3.05, 3.63) is 24.0 Å². The molecule has 0 saturated carbocycles. The first kappa shape index (κ1) is 13.3. The molecule has 3 heteroatoms. The Morgan fingerprint density at radius 2 is 2.19 bits per heavy atom. The summed E-state index contributed by atoms with van der Waals surface area (Å²) in [6.45, 7) is 6.60. The van der Waals surface area contributed by atoms with Crippen LogP contribution in [-0.4, -0.2) is 36.1 Å².